The molecule has 0 aliphatic heterocycles. The van der Waals surface area contributed by atoms with Crippen LogP contribution in [0.1, 0.15) is 45.3 Å². The normalized spacial score (nSPS) is 14.6. The van der Waals surface area contributed by atoms with Crippen LogP contribution in [-0.4, -0.2) is 27.8 Å². The molecular weight excluding hydrogens is 212 g/mol. The molecule has 0 bridgehead atoms. The fourth-order valence-corrected chi connectivity index (χ4v) is 1.59. The van der Waals surface area contributed by atoms with E-state index in [0.29, 0.717) is 12.5 Å². The second kappa shape index (κ2) is 6.41. The van der Waals surface area contributed by atoms with Crippen LogP contribution in [0.3, 0.4) is 0 Å². The summed E-state index contributed by atoms with van der Waals surface area (Å²) in [5.41, 5.74) is 1.07. The molecule has 0 saturated carbocycles. The highest BCUT2D eigenvalue weighted by Gasteiger charge is 2.11. The van der Waals surface area contributed by atoms with E-state index < -0.39 is 0 Å². The zero-order valence-electron chi connectivity index (χ0n) is 11.2. The van der Waals surface area contributed by atoms with Crippen molar-refractivity contribution < 1.29 is 0 Å². The van der Waals surface area contributed by atoms with Crippen molar-refractivity contribution in [2.45, 2.75) is 52.2 Å². The lowest BCUT2D eigenvalue weighted by Crippen LogP contribution is -2.28. The lowest BCUT2D eigenvalue weighted by molar-refractivity contribution is 0.248. The molecule has 17 heavy (non-hydrogen) atoms. The van der Waals surface area contributed by atoms with Gasteiger partial charge in [0.1, 0.15) is 0 Å². The number of hydrogen-bond acceptors (Lipinski definition) is 3. The number of nitriles is 1. The van der Waals surface area contributed by atoms with Crippen LogP contribution < -0.4 is 0 Å². The lowest BCUT2D eigenvalue weighted by Gasteiger charge is -2.21. The first-order valence-corrected chi connectivity index (χ1v) is 6.19. The molecule has 1 rings (SSSR count). The van der Waals surface area contributed by atoms with Gasteiger partial charge in [0.2, 0.25) is 0 Å². The van der Waals surface area contributed by atoms with Crippen LogP contribution in [0.2, 0.25) is 0 Å². The molecule has 2 atom stereocenters. The van der Waals surface area contributed by atoms with Gasteiger partial charge in [-0.15, -0.1) is 0 Å². The maximum Gasteiger partial charge on any atom is 0.0764 e. The Kier molecular flexibility index (Phi) is 5.17. The van der Waals surface area contributed by atoms with Crippen LogP contribution >= 0.6 is 0 Å². The first kappa shape index (κ1) is 13.7. The van der Waals surface area contributed by atoms with Gasteiger partial charge in [-0.3, -0.25) is 9.58 Å². The lowest BCUT2D eigenvalue weighted by atomic mass is 10.2. The van der Waals surface area contributed by atoms with Crippen molar-refractivity contribution in [1.29, 1.82) is 5.26 Å². The van der Waals surface area contributed by atoms with Crippen molar-refractivity contribution in [3.8, 4) is 6.07 Å². The number of aromatic nitrogens is 2. The average molecular weight is 234 g/mol. The zero-order valence-corrected chi connectivity index (χ0v) is 11.2. The van der Waals surface area contributed by atoms with Crippen LogP contribution in [0.15, 0.2) is 12.3 Å². The third kappa shape index (κ3) is 3.86. The SMILES string of the molecule is CCC(C)n1ccc(CN(C)C(C)CC#N)n1. The van der Waals surface area contributed by atoms with E-state index >= 15 is 0 Å². The quantitative estimate of drug-likeness (QED) is 0.760. The fraction of sp³-hybridized carbons (Fsp3) is 0.692. The van der Waals surface area contributed by atoms with Gasteiger partial charge in [-0.2, -0.15) is 10.4 Å². The number of nitrogens with zero attached hydrogens (tertiary/aromatic N) is 4. The van der Waals surface area contributed by atoms with E-state index in [-0.39, 0.29) is 6.04 Å². The molecule has 0 N–H and O–H groups in total. The number of hydrogen-bond donors (Lipinski definition) is 0. The zero-order chi connectivity index (χ0) is 12.8. The summed E-state index contributed by atoms with van der Waals surface area (Å²) in [4.78, 5) is 2.16. The Morgan fingerprint density at radius 1 is 1.53 bits per heavy atom. The molecule has 1 heterocycles. The predicted molar refractivity (Wildman–Crippen MR) is 68.4 cm³/mol. The summed E-state index contributed by atoms with van der Waals surface area (Å²) in [6.45, 7) is 7.19. The summed E-state index contributed by atoms with van der Waals surface area (Å²) in [6, 6.07) is 4.98. The van der Waals surface area contributed by atoms with Gasteiger partial charge in [-0.05, 0) is 33.4 Å². The van der Waals surface area contributed by atoms with Crippen LogP contribution in [0.4, 0.5) is 0 Å². The Hall–Kier alpha value is -1.34. The summed E-state index contributed by atoms with van der Waals surface area (Å²) in [5, 5.41) is 13.2. The molecular formula is C13H22N4. The van der Waals surface area contributed by atoms with E-state index in [2.05, 4.69) is 42.9 Å². The highest BCUT2D eigenvalue weighted by atomic mass is 15.3. The second-order valence-corrected chi connectivity index (χ2v) is 4.67. The Morgan fingerprint density at radius 3 is 2.82 bits per heavy atom. The molecule has 0 amide bonds. The predicted octanol–water partition coefficient (Wildman–Crippen LogP) is 2.59. The van der Waals surface area contributed by atoms with Crippen molar-refractivity contribution in [3.63, 3.8) is 0 Å². The molecule has 0 aromatic carbocycles. The molecule has 0 spiro atoms. The molecule has 0 radical (unpaired) electrons. The van der Waals surface area contributed by atoms with Gasteiger partial charge in [-0.25, -0.2) is 0 Å². The molecule has 0 fully saturated rings. The van der Waals surface area contributed by atoms with Gasteiger partial charge in [0.25, 0.3) is 0 Å². The van der Waals surface area contributed by atoms with E-state index in [1.165, 1.54) is 0 Å². The van der Waals surface area contributed by atoms with Gasteiger partial charge in [0, 0.05) is 24.8 Å². The highest BCUT2D eigenvalue weighted by molar-refractivity contribution is 5.00. The minimum Gasteiger partial charge on any atom is -0.297 e. The van der Waals surface area contributed by atoms with Crippen molar-refractivity contribution >= 4 is 0 Å². The molecule has 1 aromatic heterocycles. The second-order valence-electron chi connectivity index (χ2n) is 4.67. The van der Waals surface area contributed by atoms with E-state index in [9.17, 15) is 0 Å². The first-order chi connectivity index (χ1) is 8.08. The Morgan fingerprint density at radius 2 is 2.24 bits per heavy atom. The minimum atomic E-state index is 0.272. The van der Waals surface area contributed by atoms with Crippen molar-refractivity contribution in [3.05, 3.63) is 18.0 Å². The molecule has 2 unspecified atom stereocenters. The number of rotatable bonds is 6. The maximum absolute atomic E-state index is 8.66. The van der Waals surface area contributed by atoms with Crippen molar-refractivity contribution in [2.75, 3.05) is 7.05 Å². The van der Waals surface area contributed by atoms with Crippen molar-refractivity contribution in [2.24, 2.45) is 0 Å². The van der Waals surface area contributed by atoms with Crippen LogP contribution in [-0.2, 0) is 6.54 Å². The Balaban J connectivity index is 2.57. The summed E-state index contributed by atoms with van der Waals surface area (Å²) in [6.07, 6.45) is 3.68. The maximum atomic E-state index is 8.66. The summed E-state index contributed by atoms with van der Waals surface area (Å²) >= 11 is 0. The average Bonchev–Trinajstić information content (AvgIpc) is 2.76. The van der Waals surface area contributed by atoms with Crippen molar-refractivity contribution in [1.82, 2.24) is 14.7 Å². The smallest absolute Gasteiger partial charge is 0.0764 e. The fourth-order valence-electron chi connectivity index (χ4n) is 1.59. The molecule has 4 heteroatoms. The largest absolute Gasteiger partial charge is 0.297 e. The monoisotopic (exact) mass is 234 g/mol. The van der Waals surface area contributed by atoms with E-state index in [1.807, 2.05) is 17.9 Å². The van der Waals surface area contributed by atoms with Gasteiger partial charge in [0.15, 0.2) is 0 Å². The van der Waals surface area contributed by atoms with Gasteiger partial charge in [-0.1, -0.05) is 6.92 Å². The van der Waals surface area contributed by atoms with Gasteiger partial charge in [0.05, 0.1) is 18.2 Å². The Bertz CT molecular complexity index is 377. The Labute approximate surface area is 104 Å². The van der Waals surface area contributed by atoms with Crippen LogP contribution in [0, 0.1) is 11.3 Å². The first-order valence-electron chi connectivity index (χ1n) is 6.19. The summed E-state index contributed by atoms with van der Waals surface area (Å²) < 4.78 is 2.01. The van der Waals surface area contributed by atoms with Gasteiger partial charge < -0.3 is 0 Å². The molecule has 0 aliphatic carbocycles. The van der Waals surface area contributed by atoms with E-state index in [1.54, 1.807) is 0 Å². The third-order valence-electron chi connectivity index (χ3n) is 3.26. The molecule has 1 aromatic rings. The third-order valence-corrected chi connectivity index (χ3v) is 3.26. The standard InChI is InChI=1S/C13H22N4/c1-5-11(2)17-9-7-13(15-17)10-16(4)12(3)6-8-14/h7,9,11-12H,5-6,10H2,1-4H3. The minimum absolute atomic E-state index is 0.272. The topological polar surface area (TPSA) is 44.9 Å². The molecule has 94 valence electrons. The van der Waals surface area contributed by atoms with Gasteiger partial charge >= 0.3 is 0 Å². The molecule has 0 saturated heterocycles. The summed E-state index contributed by atoms with van der Waals surface area (Å²) in [5.74, 6) is 0. The molecule has 4 nitrogen and oxygen atoms in total. The molecule has 0 aliphatic rings. The van der Waals surface area contributed by atoms with E-state index in [0.717, 1.165) is 18.7 Å². The summed E-state index contributed by atoms with van der Waals surface area (Å²) in [7, 11) is 2.03. The van der Waals surface area contributed by atoms with Crippen LogP contribution in [0.5, 0.6) is 0 Å². The van der Waals surface area contributed by atoms with E-state index in [4.69, 9.17) is 5.26 Å². The van der Waals surface area contributed by atoms with Crippen LogP contribution in [0.25, 0.3) is 0 Å². The highest BCUT2D eigenvalue weighted by Crippen LogP contribution is 2.11.